The van der Waals surface area contributed by atoms with Crippen LogP contribution in [0.2, 0.25) is 5.02 Å². The number of amides is 1. The van der Waals surface area contributed by atoms with Gasteiger partial charge in [-0.05, 0) is 61.1 Å². The molecule has 1 saturated carbocycles. The zero-order valence-corrected chi connectivity index (χ0v) is 19.6. The molecular weight excluding hydrogens is 438 g/mol. The number of nitrogens with zero attached hydrogens (tertiary/aromatic N) is 1. The molecule has 2 aromatic rings. The monoisotopic (exact) mass is 467 g/mol. The Morgan fingerprint density at radius 1 is 1.21 bits per heavy atom. The van der Waals surface area contributed by atoms with Crippen LogP contribution in [-0.4, -0.2) is 47.7 Å². The van der Waals surface area contributed by atoms with Crippen LogP contribution in [0, 0.1) is 0 Å². The van der Waals surface area contributed by atoms with Gasteiger partial charge in [-0.3, -0.25) is 4.79 Å². The molecule has 1 saturated heterocycles. The highest BCUT2D eigenvalue weighted by Crippen LogP contribution is 2.47. The Bertz CT molecular complexity index is 1010. The first kappa shape index (κ1) is 23.5. The van der Waals surface area contributed by atoms with Gasteiger partial charge in [0.15, 0.2) is 0 Å². The average molecular weight is 468 g/mol. The number of hydrogen-bond acceptors (Lipinski definition) is 4. The number of likely N-dealkylation sites (tertiary alicyclic amines) is 1. The van der Waals surface area contributed by atoms with Gasteiger partial charge in [0, 0.05) is 23.4 Å². The average Bonchev–Trinajstić information content (AvgIpc) is 3.15. The first-order valence-corrected chi connectivity index (χ1v) is 11.9. The molecule has 4 rings (SSSR count). The fraction of sp³-hybridized carbons (Fsp3) is 0.407. The summed E-state index contributed by atoms with van der Waals surface area (Å²) in [5.74, 6) is -0.218. The Hall–Kier alpha value is -2.63. The predicted octanol–water partition coefficient (Wildman–Crippen LogP) is 4.70. The maximum Gasteiger partial charge on any atom is 0.337 e. The third-order valence-corrected chi connectivity index (χ3v) is 7.39. The number of aliphatic hydroxyl groups excluding tert-OH is 1. The lowest BCUT2D eigenvalue weighted by Crippen LogP contribution is -2.44. The van der Waals surface area contributed by atoms with Crippen LogP contribution in [-0.2, 0) is 21.4 Å². The summed E-state index contributed by atoms with van der Waals surface area (Å²) < 4.78 is 4.74. The van der Waals surface area contributed by atoms with Crippen LogP contribution in [0.5, 0.6) is 0 Å². The fourth-order valence-electron chi connectivity index (χ4n) is 4.93. The van der Waals surface area contributed by atoms with Crippen molar-refractivity contribution in [1.82, 2.24) is 4.90 Å². The highest BCUT2D eigenvalue weighted by Gasteiger charge is 2.44. The third-order valence-electron chi connectivity index (χ3n) is 7.14. The molecule has 174 valence electrons. The van der Waals surface area contributed by atoms with Gasteiger partial charge in [-0.25, -0.2) is 4.79 Å². The molecule has 0 radical (unpaired) electrons. The molecule has 1 unspecified atom stereocenters. The van der Waals surface area contributed by atoms with Gasteiger partial charge < -0.3 is 14.7 Å². The molecule has 1 aliphatic heterocycles. The molecule has 2 fully saturated rings. The summed E-state index contributed by atoms with van der Waals surface area (Å²) in [5, 5.41) is 11.8. The van der Waals surface area contributed by atoms with Gasteiger partial charge in [-0.2, -0.15) is 0 Å². The van der Waals surface area contributed by atoms with E-state index in [1.165, 1.54) is 7.11 Å². The Morgan fingerprint density at radius 3 is 2.52 bits per heavy atom. The highest BCUT2D eigenvalue weighted by molar-refractivity contribution is 6.30. The number of aliphatic hydroxyl groups is 1. The van der Waals surface area contributed by atoms with E-state index in [0.717, 1.165) is 36.8 Å². The number of halogens is 1. The summed E-state index contributed by atoms with van der Waals surface area (Å²) in [5.41, 5.74) is 2.42. The predicted molar refractivity (Wildman–Crippen MR) is 128 cm³/mol. The van der Waals surface area contributed by atoms with E-state index in [9.17, 15) is 14.7 Å². The maximum atomic E-state index is 12.5. The molecule has 1 amide bonds. The minimum atomic E-state index is -0.601. The number of ether oxygens (including phenoxy) is 1. The van der Waals surface area contributed by atoms with Crippen molar-refractivity contribution in [3.05, 3.63) is 82.4 Å². The fourth-order valence-corrected chi connectivity index (χ4v) is 5.06. The number of esters is 1. The summed E-state index contributed by atoms with van der Waals surface area (Å²) in [4.78, 5) is 26.0. The molecular formula is C27H30ClNO4. The summed E-state index contributed by atoms with van der Waals surface area (Å²) >= 11 is 6.05. The van der Waals surface area contributed by atoms with Crippen LogP contribution in [0.15, 0.2) is 60.7 Å². The minimum Gasteiger partial charge on any atom is -0.465 e. The largest absolute Gasteiger partial charge is 0.465 e. The van der Waals surface area contributed by atoms with Crippen molar-refractivity contribution in [2.24, 2.45) is 0 Å². The number of methoxy groups -OCH3 is 1. The second-order valence-corrected chi connectivity index (χ2v) is 9.41. The van der Waals surface area contributed by atoms with E-state index in [4.69, 9.17) is 16.3 Å². The van der Waals surface area contributed by atoms with E-state index in [0.29, 0.717) is 30.0 Å². The topological polar surface area (TPSA) is 66.8 Å². The van der Waals surface area contributed by atoms with Gasteiger partial charge >= 0.3 is 5.97 Å². The van der Waals surface area contributed by atoms with E-state index in [1.54, 1.807) is 12.1 Å². The molecule has 2 aromatic carbocycles. The minimum absolute atomic E-state index is 0.0103. The molecule has 1 heterocycles. The number of rotatable bonds is 8. The Labute approximate surface area is 200 Å². The van der Waals surface area contributed by atoms with E-state index >= 15 is 0 Å². The summed E-state index contributed by atoms with van der Waals surface area (Å²) in [6.45, 7) is 0.601. The first-order chi connectivity index (χ1) is 15.9. The number of carbonyl (C=O) groups excluding carboxylic acids is 2. The number of benzene rings is 2. The van der Waals surface area contributed by atoms with E-state index in [2.05, 4.69) is 0 Å². The number of hydrogen-bond donors (Lipinski definition) is 1. The quantitative estimate of drug-likeness (QED) is 0.451. The number of carbonyl (C=O) groups is 2. The van der Waals surface area contributed by atoms with Gasteiger partial charge in [0.2, 0.25) is 5.91 Å². The van der Waals surface area contributed by atoms with Crippen LogP contribution < -0.4 is 0 Å². The third kappa shape index (κ3) is 4.99. The van der Waals surface area contributed by atoms with Crippen molar-refractivity contribution in [2.75, 3.05) is 13.7 Å². The maximum absolute atomic E-state index is 12.5. The summed E-state index contributed by atoms with van der Waals surface area (Å²) in [6, 6.07) is 15.0. The van der Waals surface area contributed by atoms with Gasteiger partial charge in [-0.15, -0.1) is 0 Å². The molecule has 33 heavy (non-hydrogen) atoms. The van der Waals surface area contributed by atoms with Crippen molar-refractivity contribution in [1.29, 1.82) is 0 Å². The van der Waals surface area contributed by atoms with Crippen LogP contribution in [0.25, 0.3) is 0 Å². The van der Waals surface area contributed by atoms with Crippen LogP contribution >= 0.6 is 11.6 Å². The molecule has 6 heteroatoms. The molecule has 0 spiro atoms. The Kier molecular flexibility index (Phi) is 7.20. The van der Waals surface area contributed by atoms with Crippen LogP contribution in [0.3, 0.4) is 0 Å². The zero-order valence-electron chi connectivity index (χ0n) is 18.9. The second-order valence-electron chi connectivity index (χ2n) is 8.98. The molecule has 2 atom stereocenters. The Balaban J connectivity index is 1.40. The molecule has 0 bridgehead atoms. The van der Waals surface area contributed by atoms with Gasteiger partial charge in [0.25, 0.3) is 0 Å². The Morgan fingerprint density at radius 2 is 1.91 bits per heavy atom. The molecule has 5 nitrogen and oxygen atoms in total. The van der Waals surface area contributed by atoms with E-state index in [1.807, 2.05) is 53.5 Å². The molecule has 2 aliphatic rings. The van der Waals surface area contributed by atoms with E-state index < -0.39 is 6.10 Å². The normalized spacial score (nSPS) is 20.6. The first-order valence-electron chi connectivity index (χ1n) is 11.5. The van der Waals surface area contributed by atoms with E-state index in [-0.39, 0.29) is 23.3 Å². The zero-order chi connectivity index (χ0) is 23.4. The smallest absolute Gasteiger partial charge is 0.337 e. The lowest BCUT2D eigenvalue weighted by atomic mass is 9.61. The molecule has 1 N–H and O–H groups in total. The van der Waals surface area contributed by atoms with Crippen LogP contribution in [0.1, 0.15) is 53.6 Å². The van der Waals surface area contributed by atoms with Crippen molar-refractivity contribution in [3.63, 3.8) is 0 Å². The van der Waals surface area contributed by atoms with Crippen molar-refractivity contribution in [2.45, 2.75) is 56.1 Å². The summed E-state index contributed by atoms with van der Waals surface area (Å²) in [6.07, 6.45) is 8.25. The van der Waals surface area contributed by atoms with Gasteiger partial charge in [0.1, 0.15) is 0 Å². The van der Waals surface area contributed by atoms with Crippen molar-refractivity contribution >= 4 is 23.5 Å². The molecule has 1 aliphatic carbocycles. The van der Waals surface area contributed by atoms with Gasteiger partial charge in [0.05, 0.1) is 24.8 Å². The lowest BCUT2D eigenvalue weighted by Gasteiger charge is -2.45. The van der Waals surface area contributed by atoms with Crippen LogP contribution in [0.4, 0.5) is 0 Å². The lowest BCUT2D eigenvalue weighted by molar-refractivity contribution is -0.128. The molecule has 0 aromatic heterocycles. The summed E-state index contributed by atoms with van der Waals surface area (Å²) in [7, 11) is 1.36. The SMILES string of the molecule is COC(=O)c1ccc(CCN2C(=O)CC[C@@H]2/C=C/C(O)C2(c3ccc(Cl)cc3)CCC2)cc1. The highest BCUT2D eigenvalue weighted by atomic mass is 35.5. The van der Waals surface area contributed by atoms with Crippen molar-refractivity contribution < 1.29 is 19.4 Å². The second kappa shape index (κ2) is 10.1. The standard InChI is InChI=1S/C27H30ClNO4/c1-33-26(32)20-5-3-19(4-6-20)15-18-29-23(12-14-25(29)31)11-13-24(30)27(16-2-17-27)21-7-9-22(28)10-8-21/h3-11,13,23-24,30H,2,12,14-18H2,1H3/b13-11+/t23-,24?/m0/s1. The van der Waals surface area contributed by atoms with Crippen molar-refractivity contribution in [3.8, 4) is 0 Å². The van der Waals surface area contributed by atoms with Gasteiger partial charge in [-0.1, -0.05) is 54.4 Å².